The van der Waals surface area contributed by atoms with E-state index in [9.17, 15) is 9.59 Å². The number of carbonyl (C=O) groups is 2. The summed E-state index contributed by atoms with van der Waals surface area (Å²) in [5.74, 6) is 0.634. The van der Waals surface area contributed by atoms with Crippen LogP contribution in [0.2, 0.25) is 5.02 Å². The number of aromatic nitrogens is 1. The molecule has 1 saturated heterocycles. The van der Waals surface area contributed by atoms with Crippen molar-refractivity contribution in [3.8, 4) is 5.75 Å². The average molecular weight is 400 g/mol. The Labute approximate surface area is 169 Å². The zero-order valence-electron chi connectivity index (χ0n) is 16.1. The maximum absolute atomic E-state index is 13.0. The normalized spacial score (nSPS) is 18.1. The van der Waals surface area contributed by atoms with Crippen molar-refractivity contribution in [1.29, 1.82) is 0 Å². The molecule has 0 aliphatic carbocycles. The topological polar surface area (TPSA) is 62.7 Å². The van der Waals surface area contributed by atoms with Crippen molar-refractivity contribution in [2.24, 2.45) is 0 Å². The number of rotatable bonds is 4. The molecule has 6 nitrogen and oxygen atoms in total. The minimum atomic E-state index is -0.557. The predicted octanol–water partition coefficient (Wildman–Crippen LogP) is 3.63. The second-order valence-corrected chi connectivity index (χ2v) is 8.10. The summed E-state index contributed by atoms with van der Waals surface area (Å²) in [5, 5.41) is 0.604. The smallest absolute Gasteiger partial charge is 0.259 e. The number of nitrogens with zero attached hydrogens (tertiary/aromatic N) is 3. The maximum atomic E-state index is 13.0. The van der Waals surface area contributed by atoms with Gasteiger partial charge in [0.05, 0.1) is 36.7 Å². The van der Waals surface area contributed by atoms with E-state index >= 15 is 0 Å². The molecule has 28 heavy (non-hydrogen) atoms. The van der Waals surface area contributed by atoms with Crippen molar-refractivity contribution in [2.45, 2.75) is 38.8 Å². The van der Waals surface area contributed by atoms with Gasteiger partial charge in [-0.1, -0.05) is 18.5 Å². The monoisotopic (exact) mass is 399 g/mol. The highest BCUT2D eigenvalue weighted by atomic mass is 35.5. The first-order valence-electron chi connectivity index (χ1n) is 9.35. The molecule has 0 N–H and O–H groups in total. The first kappa shape index (κ1) is 18.7. The Balaban J connectivity index is 1.55. The second kappa shape index (κ2) is 6.78. The number of likely N-dealkylation sites (tertiary alicyclic amines) is 1. The van der Waals surface area contributed by atoms with Gasteiger partial charge >= 0.3 is 0 Å². The van der Waals surface area contributed by atoms with Crippen LogP contribution in [0.1, 0.15) is 43.1 Å². The number of carbonyl (C=O) groups excluding carboxylic acids is 2. The molecule has 2 amide bonds. The summed E-state index contributed by atoms with van der Waals surface area (Å²) in [7, 11) is 0. The van der Waals surface area contributed by atoms with Crippen LogP contribution in [0.5, 0.6) is 5.75 Å². The van der Waals surface area contributed by atoms with E-state index in [1.165, 1.54) is 0 Å². The molecule has 2 aliphatic rings. The predicted molar refractivity (Wildman–Crippen MR) is 107 cm³/mol. The summed E-state index contributed by atoms with van der Waals surface area (Å²) in [6.45, 7) is 6.98. The van der Waals surface area contributed by atoms with Crippen LogP contribution in [0.25, 0.3) is 0 Å². The molecule has 0 saturated carbocycles. The number of hydrogen-bond donors (Lipinski definition) is 0. The Bertz CT molecular complexity index is 954. The standard InChI is InChI=1S/C21H22ClN3O3/c1-4-19(26)24-11-16(12-24)28-15-8-14(9-23-10-15)25-20(27)17-6-5-13(22)7-18(17)21(25,2)3/h5-10,16H,4,11-12H2,1-3H3. The molecule has 7 heteroatoms. The minimum Gasteiger partial charge on any atom is -0.485 e. The summed E-state index contributed by atoms with van der Waals surface area (Å²) in [4.78, 5) is 32.5. The van der Waals surface area contributed by atoms with Crippen LogP contribution in [0.15, 0.2) is 36.7 Å². The van der Waals surface area contributed by atoms with Crippen LogP contribution in [0.4, 0.5) is 5.69 Å². The third kappa shape index (κ3) is 3.02. The van der Waals surface area contributed by atoms with E-state index in [1.807, 2.05) is 32.9 Å². The molecule has 0 bridgehead atoms. The molecule has 1 aromatic heterocycles. The summed E-state index contributed by atoms with van der Waals surface area (Å²) in [6.07, 6.45) is 3.74. The molecule has 2 aromatic rings. The van der Waals surface area contributed by atoms with Crippen molar-refractivity contribution in [3.05, 3.63) is 52.8 Å². The number of amides is 2. The van der Waals surface area contributed by atoms with Gasteiger partial charge in [-0.25, -0.2) is 0 Å². The van der Waals surface area contributed by atoms with Crippen LogP contribution in [0, 0.1) is 0 Å². The molecule has 1 fully saturated rings. The third-order valence-electron chi connectivity index (χ3n) is 5.40. The Morgan fingerprint density at radius 1 is 1.29 bits per heavy atom. The number of benzene rings is 1. The van der Waals surface area contributed by atoms with Gasteiger partial charge in [-0.15, -0.1) is 0 Å². The Morgan fingerprint density at radius 2 is 2.04 bits per heavy atom. The molecule has 0 unspecified atom stereocenters. The van der Waals surface area contributed by atoms with E-state index in [-0.39, 0.29) is 17.9 Å². The number of ether oxygens (including phenoxy) is 1. The van der Waals surface area contributed by atoms with E-state index in [4.69, 9.17) is 16.3 Å². The first-order chi connectivity index (χ1) is 13.3. The molecule has 0 spiro atoms. The molecule has 146 valence electrons. The highest BCUT2D eigenvalue weighted by Crippen LogP contribution is 2.43. The Hall–Kier alpha value is -2.60. The van der Waals surface area contributed by atoms with Gasteiger partial charge in [0.2, 0.25) is 5.91 Å². The lowest BCUT2D eigenvalue weighted by atomic mass is 9.93. The number of halogens is 1. The SMILES string of the molecule is CCC(=O)N1CC(Oc2cncc(N3C(=O)c4ccc(Cl)cc4C3(C)C)c2)C1. The third-order valence-corrected chi connectivity index (χ3v) is 5.63. The molecule has 4 rings (SSSR count). The Morgan fingerprint density at radius 3 is 2.75 bits per heavy atom. The molecule has 0 radical (unpaired) electrons. The number of fused-ring (bicyclic) bond motifs is 1. The van der Waals surface area contributed by atoms with Crippen molar-refractivity contribution in [2.75, 3.05) is 18.0 Å². The van der Waals surface area contributed by atoms with Gasteiger partial charge in [-0.05, 0) is 37.6 Å². The van der Waals surface area contributed by atoms with Crippen molar-refractivity contribution >= 4 is 29.1 Å². The van der Waals surface area contributed by atoms with Gasteiger partial charge in [0.1, 0.15) is 11.9 Å². The van der Waals surface area contributed by atoms with E-state index in [1.54, 1.807) is 34.3 Å². The van der Waals surface area contributed by atoms with Crippen LogP contribution < -0.4 is 9.64 Å². The number of anilines is 1. The van der Waals surface area contributed by atoms with Crippen LogP contribution in [-0.4, -0.2) is 40.9 Å². The summed E-state index contributed by atoms with van der Waals surface area (Å²) in [6, 6.07) is 7.17. The fourth-order valence-electron chi connectivity index (χ4n) is 3.87. The number of pyridine rings is 1. The van der Waals surface area contributed by atoms with Gasteiger partial charge < -0.3 is 9.64 Å². The van der Waals surface area contributed by atoms with Gasteiger partial charge in [0.15, 0.2) is 0 Å². The molecular weight excluding hydrogens is 378 g/mol. The van der Waals surface area contributed by atoms with Crippen molar-refractivity contribution < 1.29 is 14.3 Å². The lowest BCUT2D eigenvalue weighted by molar-refractivity contribution is -0.139. The molecule has 2 aliphatic heterocycles. The zero-order valence-corrected chi connectivity index (χ0v) is 16.9. The maximum Gasteiger partial charge on any atom is 0.259 e. The molecule has 3 heterocycles. The lowest BCUT2D eigenvalue weighted by Crippen LogP contribution is -2.56. The van der Waals surface area contributed by atoms with Gasteiger partial charge in [-0.3, -0.25) is 19.5 Å². The highest BCUT2D eigenvalue weighted by molar-refractivity contribution is 6.31. The summed E-state index contributed by atoms with van der Waals surface area (Å²) < 4.78 is 5.96. The zero-order chi connectivity index (χ0) is 20.1. The van der Waals surface area contributed by atoms with E-state index in [0.29, 0.717) is 41.5 Å². The van der Waals surface area contributed by atoms with Gasteiger partial charge in [0.25, 0.3) is 5.91 Å². The van der Waals surface area contributed by atoms with Crippen molar-refractivity contribution in [3.63, 3.8) is 0 Å². The molecular formula is C21H22ClN3O3. The average Bonchev–Trinajstić information content (AvgIpc) is 2.83. The summed E-state index contributed by atoms with van der Waals surface area (Å²) >= 11 is 6.15. The highest BCUT2D eigenvalue weighted by Gasteiger charge is 2.44. The summed E-state index contributed by atoms with van der Waals surface area (Å²) in [5.41, 5.74) is 1.65. The van der Waals surface area contributed by atoms with Crippen LogP contribution in [-0.2, 0) is 10.3 Å². The van der Waals surface area contributed by atoms with E-state index < -0.39 is 5.54 Å². The lowest BCUT2D eigenvalue weighted by Gasteiger charge is -2.39. The Kier molecular flexibility index (Phi) is 4.54. The first-order valence-corrected chi connectivity index (χ1v) is 9.73. The van der Waals surface area contributed by atoms with Crippen LogP contribution in [0.3, 0.4) is 0 Å². The fourth-order valence-corrected chi connectivity index (χ4v) is 4.04. The van der Waals surface area contributed by atoms with Gasteiger partial charge in [-0.2, -0.15) is 0 Å². The van der Waals surface area contributed by atoms with E-state index in [0.717, 1.165) is 5.56 Å². The fraction of sp³-hybridized carbons (Fsp3) is 0.381. The van der Waals surface area contributed by atoms with Crippen molar-refractivity contribution in [1.82, 2.24) is 9.88 Å². The second-order valence-electron chi connectivity index (χ2n) is 7.66. The van der Waals surface area contributed by atoms with Crippen LogP contribution >= 0.6 is 11.6 Å². The number of hydrogen-bond acceptors (Lipinski definition) is 4. The van der Waals surface area contributed by atoms with Gasteiger partial charge in [0, 0.05) is 23.1 Å². The molecule has 0 atom stereocenters. The van der Waals surface area contributed by atoms with E-state index in [2.05, 4.69) is 4.98 Å². The minimum absolute atomic E-state index is 0.0501. The largest absolute Gasteiger partial charge is 0.485 e. The quantitative estimate of drug-likeness (QED) is 0.787. The molecule has 1 aromatic carbocycles.